The first-order valence-electron chi connectivity index (χ1n) is 15.8. The molecule has 5 rings (SSSR count). The maximum atomic E-state index is 14.9. The Morgan fingerprint density at radius 1 is 1.10 bits per heavy atom. The van der Waals surface area contributed by atoms with Crippen molar-refractivity contribution in [3.05, 3.63) is 71.2 Å². The summed E-state index contributed by atoms with van der Waals surface area (Å²) in [4.78, 5) is 44.0. The number of halogens is 4. The molecule has 2 aromatic carbocycles. The van der Waals surface area contributed by atoms with E-state index in [9.17, 15) is 37.1 Å². The van der Waals surface area contributed by atoms with E-state index in [1.54, 1.807) is 20.8 Å². The van der Waals surface area contributed by atoms with E-state index in [1.807, 2.05) is 0 Å². The number of carbonyl (C=O) groups excluding carboxylic acids is 3. The van der Waals surface area contributed by atoms with Crippen LogP contribution in [0.25, 0.3) is 11.3 Å². The lowest BCUT2D eigenvalue weighted by Crippen LogP contribution is -2.44. The lowest BCUT2D eigenvalue weighted by Gasteiger charge is -2.32. The molecule has 15 heteroatoms. The molecule has 0 aliphatic carbocycles. The van der Waals surface area contributed by atoms with Crippen LogP contribution in [0.5, 0.6) is 11.5 Å². The molecule has 3 heterocycles. The number of Topliss-reactive ketones (excluding diaryl/α,β-unsaturated/α-hetero) is 1. The summed E-state index contributed by atoms with van der Waals surface area (Å²) in [6.45, 7) is 6.67. The molecule has 1 aromatic heterocycles. The van der Waals surface area contributed by atoms with Crippen LogP contribution >= 0.6 is 0 Å². The first-order chi connectivity index (χ1) is 23.2. The molecular formula is C35H38F4N4O7. The third-order valence-electron chi connectivity index (χ3n) is 8.46. The van der Waals surface area contributed by atoms with Gasteiger partial charge in [-0.1, -0.05) is 0 Å². The molecule has 0 radical (unpaired) electrons. The van der Waals surface area contributed by atoms with Crippen molar-refractivity contribution in [1.29, 1.82) is 0 Å². The Bertz CT molecular complexity index is 1810. The van der Waals surface area contributed by atoms with Crippen LogP contribution in [0.3, 0.4) is 0 Å². The number of anilines is 1. The standard InChI is InChI=1S/C35H38F4N4O7/c1-32(2,3)50-31(46)43-18-33(4,40)22-17-27(42-28(29(22)43)19-6-9-21(36)10-7-19)34(47,35(37,38)39)14-12-23(44)20-8-11-24(26(16-20)48-5)49-25-13-15-41-30(25)45/h6-11,16-17,25,47H,12-15,18,40H2,1-5H3,(H,41,45)/t25-,33+,34+/m0/s1. The summed E-state index contributed by atoms with van der Waals surface area (Å²) < 4.78 is 75.3. The lowest BCUT2D eigenvalue weighted by molar-refractivity contribution is -0.270. The van der Waals surface area contributed by atoms with Gasteiger partial charge < -0.3 is 30.4 Å². The normalized spacial score (nSPS) is 20.2. The van der Waals surface area contributed by atoms with Gasteiger partial charge in [0.15, 0.2) is 23.4 Å². The SMILES string of the molecule is COc1cc(C(=O)CC[C@@](O)(c2cc3c(c(-c4ccc(F)cc4)n2)N(C(=O)OC(C)(C)C)C[C@@]3(C)N)C(F)(F)F)ccc1O[C@H]1CCNC1=O. The van der Waals surface area contributed by atoms with Gasteiger partial charge in [-0.3, -0.25) is 14.5 Å². The quantitative estimate of drug-likeness (QED) is 0.194. The summed E-state index contributed by atoms with van der Waals surface area (Å²) >= 11 is 0. The van der Waals surface area contributed by atoms with Crippen LogP contribution in [-0.2, 0) is 20.7 Å². The number of amides is 2. The van der Waals surface area contributed by atoms with Gasteiger partial charge in [-0.2, -0.15) is 13.2 Å². The second-order valence-corrected chi connectivity index (χ2v) is 13.6. The molecule has 11 nitrogen and oxygen atoms in total. The topological polar surface area (TPSA) is 153 Å². The van der Waals surface area contributed by atoms with E-state index in [4.69, 9.17) is 19.9 Å². The predicted octanol–water partition coefficient (Wildman–Crippen LogP) is 5.51. The summed E-state index contributed by atoms with van der Waals surface area (Å²) in [5.41, 5.74) is -0.276. The summed E-state index contributed by atoms with van der Waals surface area (Å²) in [6.07, 6.45) is -8.43. The van der Waals surface area contributed by atoms with Crippen molar-refractivity contribution in [2.24, 2.45) is 5.73 Å². The second-order valence-electron chi connectivity index (χ2n) is 13.6. The number of alkyl halides is 3. The number of rotatable bonds is 9. The number of carbonyl (C=O) groups is 3. The number of pyridine rings is 1. The number of aromatic nitrogens is 1. The molecule has 0 saturated carbocycles. The molecule has 3 aromatic rings. The Morgan fingerprint density at radius 3 is 2.36 bits per heavy atom. The largest absolute Gasteiger partial charge is 0.493 e. The molecule has 0 unspecified atom stereocenters. The molecule has 50 heavy (non-hydrogen) atoms. The molecule has 2 aliphatic rings. The number of hydrogen-bond acceptors (Lipinski definition) is 9. The minimum atomic E-state index is -5.33. The average Bonchev–Trinajstić information content (AvgIpc) is 3.57. The van der Waals surface area contributed by atoms with Crippen molar-refractivity contribution in [3.63, 3.8) is 0 Å². The van der Waals surface area contributed by atoms with Crippen molar-refractivity contribution < 1.29 is 51.3 Å². The van der Waals surface area contributed by atoms with Crippen molar-refractivity contribution >= 4 is 23.5 Å². The molecule has 4 N–H and O–H groups in total. The smallest absolute Gasteiger partial charge is 0.422 e. The summed E-state index contributed by atoms with van der Waals surface area (Å²) in [6, 6.07) is 9.67. The molecule has 268 valence electrons. The Hall–Kier alpha value is -4.76. The van der Waals surface area contributed by atoms with Gasteiger partial charge in [0.25, 0.3) is 5.91 Å². The van der Waals surface area contributed by atoms with Gasteiger partial charge in [0.2, 0.25) is 5.60 Å². The Morgan fingerprint density at radius 2 is 1.78 bits per heavy atom. The Labute approximate surface area is 285 Å². The number of ether oxygens (including phenoxy) is 3. The minimum Gasteiger partial charge on any atom is -0.493 e. The maximum absolute atomic E-state index is 14.9. The molecule has 0 bridgehead atoms. The molecule has 2 aliphatic heterocycles. The van der Waals surface area contributed by atoms with Crippen LogP contribution in [0.1, 0.15) is 68.6 Å². The Kier molecular flexibility index (Phi) is 9.62. The molecule has 2 amide bonds. The second kappa shape index (κ2) is 13.2. The highest BCUT2D eigenvalue weighted by atomic mass is 19.4. The van der Waals surface area contributed by atoms with E-state index >= 15 is 0 Å². The van der Waals surface area contributed by atoms with Gasteiger partial charge in [0, 0.05) is 36.1 Å². The number of ketones is 1. The van der Waals surface area contributed by atoms with E-state index in [2.05, 4.69) is 10.3 Å². The van der Waals surface area contributed by atoms with E-state index in [0.717, 1.165) is 23.1 Å². The fourth-order valence-electron chi connectivity index (χ4n) is 5.86. The van der Waals surface area contributed by atoms with Crippen LogP contribution < -0.4 is 25.4 Å². The zero-order chi connectivity index (χ0) is 36.8. The molecular weight excluding hydrogens is 664 g/mol. The summed E-state index contributed by atoms with van der Waals surface area (Å²) in [7, 11) is 1.31. The number of hydrogen-bond donors (Lipinski definition) is 3. The number of nitrogens with zero attached hydrogens (tertiary/aromatic N) is 2. The van der Waals surface area contributed by atoms with Crippen molar-refractivity contribution in [3.8, 4) is 22.8 Å². The van der Waals surface area contributed by atoms with Gasteiger partial charge in [-0.05, 0) is 82.6 Å². The number of fused-ring (bicyclic) bond motifs is 1. The van der Waals surface area contributed by atoms with Crippen molar-refractivity contribution in [1.82, 2.24) is 10.3 Å². The number of aliphatic hydroxyl groups is 1. The number of benzene rings is 2. The maximum Gasteiger partial charge on any atom is 0.422 e. The zero-order valence-electron chi connectivity index (χ0n) is 28.1. The molecule has 0 spiro atoms. The van der Waals surface area contributed by atoms with E-state index in [0.29, 0.717) is 13.0 Å². The van der Waals surface area contributed by atoms with E-state index in [1.165, 1.54) is 44.4 Å². The third-order valence-corrected chi connectivity index (χ3v) is 8.46. The first-order valence-corrected chi connectivity index (χ1v) is 15.8. The van der Waals surface area contributed by atoms with Crippen LogP contribution in [0.2, 0.25) is 0 Å². The predicted molar refractivity (Wildman–Crippen MR) is 173 cm³/mol. The van der Waals surface area contributed by atoms with E-state index < -0.39 is 65.3 Å². The number of nitrogens with two attached hydrogens (primary N) is 1. The third kappa shape index (κ3) is 7.24. The van der Waals surface area contributed by atoms with Gasteiger partial charge in [0.05, 0.1) is 36.3 Å². The zero-order valence-corrected chi connectivity index (χ0v) is 28.1. The highest BCUT2D eigenvalue weighted by molar-refractivity contribution is 5.98. The number of nitrogens with one attached hydrogen (secondary N) is 1. The van der Waals surface area contributed by atoms with Crippen molar-refractivity contribution in [2.75, 3.05) is 25.1 Å². The van der Waals surface area contributed by atoms with Crippen LogP contribution in [0.4, 0.5) is 28.0 Å². The van der Waals surface area contributed by atoms with Crippen LogP contribution in [0, 0.1) is 5.82 Å². The fraction of sp³-hybridized carbons (Fsp3) is 0.429. The van der Waals surface area contributed by atoms with Gasteiger partial charge in [-0.15, -0.1) is 0 Å². The van der Waals surface area contributed by atoms with Gasteiger partial charge in [-0.25, -0.2) is 14.2 Å². The average molecular weight is 703 g/mol. The van der Waals surface area contributed by atoms with E-state index in [-0.39, 0.29) is 52.0 Å². The fourth-order valence-corrected chi connectivity index (χ4v) is 5.86. The number of methoxy groups -OCH3 is 1. The van der Waals surface area contributed by atoms with Crippen molar-refractivity contribution in [2.45, 2.75) is 76.0 Å². The monoisotopic (exact) mass is 702 g/mol. The highest BCUT2D eigenvalue weighted by Crippen LogP contribution is 2.49. The lowest BCUT2D eigenvalue weighted by atomic mass is 9.86. The van der Waals surface area contributed by atoms with Crippen LogP contribution in [0.15, 0.2) is 48.5 Å². The van der Waals surface area contributed by atoms with Crippen LogP contribution in [-0.4, -0.2) is 66.0 Å². The molecule has 1 saturated heterocycles. The Balaban J connectivity index is 1.53. The molecule has 1 fully saturated rings. The highest BCUT2D eigenvalue weighted by Gasteiger charge is 2.57. The summed E-state index contributed by atoms with van der Waals surface area (Å²) in [5, 5.41) is 14.1. The summed E-state index contributed by atoms with van der Waals surface area (Å²) in [5.74, 6) is -1.44. The van der Waals surface area contributed by atoms with Gasteiger partial charge >= 0.3 is 12.3 Å². The minimum absolute atomic E-state index is 0.0222. The van der Waals surface area contributed by atoms with Gasteiger partial charge in [0.1, 0.15) is 11.4 Å². The molecule has 3 atom stereocenters. The first kappa shape index (κ1) is 36.5.